The average Bonchev–Trinajstić information content (AvgIpc) is 2.90. The van der Waals surface area contributed by atoms with Crippen molar-refractivity contribution in [2.24, 2.45) is 0 Å². The van der Waals surface area contributed by atoms with E-state index in [9.17, 15) is 0 Å². The number of pyridine rings is 2. The molecule has 0 radical (unpaired) electrons. The number of nitrogens with two attached hydrogens (primary N) is 1. The first kappa shape index (κ1) is 13.5. The Bertz CT molecular complexity index is 697. The van der Waals surface area contributed by atoms with Crippen LogP contribution in [0.5, 0.6) is 0 Å². The van der Waals surface area contributed by atoms with Gasteiger partial charge in [-0.25, -0.2) is 0 Å². The third kappa shape index (κ3) is 3.17. The fourth-order valence-corrected chi connectivity index (χ4v) is 2.85. The van der Waals surface area contributed by atoms with Gasteiger partial charge in [-0.1, -0.05) is 6.07 Å². The van der Waals surface area contributed by atoms with Crippen molar-refractivity contribution in [3.63, 3.8) is 0 Å². The van der Waals surface area contributed by atoms with Crippen LogP contribution in [-0.2, 0) is 6.42 Å². The Hall–Kier alpha value is -2.47. The number of nitrogen functional groups attached to an aromatic ring is 1. The first-order valence-corrected chi connectivity index (χ1v) is 7.40. The lowest BCUT2D eigenvalue weighted by molar-refractivity contribution is 1.01. The Morgan fingerprint density at radius 3 is 2.71 bits per heavy atom. The van der Waals surface area contributed by atoms with Crippen LogP contribution in [0, 0.1) is 0 Å². The molecule has 0 bridgehead atoms. The van der Waals surface area contributed by atoms with Crippen LogP contribution in [0.25, 0.3) is 11.1 Å². The van der Waals surface area contributed by atoms with E-state index in [2.05, 4.69) is 25.7 Å². The molecule has 0 saturated carbocycles. The molecule has 6 heteroatoms. The molecule has 0 fully saturated rings. The minimum absolute atomic E-state index is 0.551. The highest BCUT2D eigenvalue weighted by Gasteiger charge is 2.13. The maximum atomic E-state index is 5.99. The van der Waals surface area contributed by atoms with Crippen molar-refractivity contribution in [2.45, 2.75) is 6.42 Å². The number of nitrogens with one attached hydrogen (secondary N) is 1. The van der Waals surface area contributed by atoms with E-state index in [0.29, 0.717) is 5.82 Å². The van der Waals surface area contributed by atoms with Crippen molar-refractivity contribution >= 4 is 22.4 Å². The second-order valence-electron chi connectivity index (χ2n) is 4.55. The van der Waals surface area contributed by atoms with Crippen LogP contribution in [0.1, 0.15) is 5.56 Å². The molecule has 3 rings (SSSR count). The van der Waals surface area contributed by atoms with E-state index in [1.54, 1.807) is 18.6 Å². The quantitative estimate of drug-likeness (QED) is 0.757. The zero-order chi connectivity index (χ0) is 14.5. The first-order chi connectivity index (χ1) is 10.3. The number of anilines is 2. The SMILES string of the molecule is Nc1nsc(NCCc2cccnc2)c1-c1ccncc1. The molecule has 0 amide bonds. The molecular formula is C15H15N5S. The van der Waals surface area contributed by atoms with Gasteiger partial charge in [0.05, 0.1) is 5.56 Å². The van der Waals surface area contributed by atoms with E-state index in [0.717, 1.165) is 29.1 Å². The van der Waals surface area contributed by atoms with Crippen LogP contribution in [0.15, 0.2) is 49.1 Å². The summed E-state index contributed by atoms with van der Waals surface area (Å²) in [6, 6.07) is 7.89. The molecule has 3 aromatic heterocycles. The van der Waals surface area contributed by atoms with Gasteiger partial charge >= 0.3 is 0 Å². The topological polar surface area (TPSA) is 76.7 Å². The van der Waals surface area contributed by atoms with Crippen molar-refractivity contribution < 1.29 is 0 Å². The molecule has 0 unspecified atom stereocenters. The van der Waals surface area contributed by atoms with E-state index < -0.39 is 0 Å². The highest BCUT2D eigenvalue weighted by atomic mass is 32.1. The number of hydrogen-bond acceptors (Lipinski definition) is 6. The smallest absolute Gasteiger partial charge is 0.147 e. The predicted octanol–water partition coefficient (Wildman–Crippen LogP) is 2.84. The van der Waals surface area contributed by atoms with Crippen LogP contribution in [0.2, 0.25) is 0 Å². The molecule has 106 valence electrons. The third-order valence-corrected chi connectivity index (χ3v) is 3.93. The molecule has 0 aliphatic carbocycles. The summed E-state index contributed by atoms with van der Waals surface area (Å²) in [6.07, 6.45) is 8.08. The molecule has 0 spiro atoms. The Morgan fingerprint density at radius 1 is 1.10 bits per heavy atom. The van der Waals surface area contributed by atoms with Gasteiger partial charge in [-0.3, -0.25) is 9.97 Å². The maximum Gasteiger partial charge on any atom is 0.147 e. The molecule has 3 heterocycles. The minimum atomic E-state index is 0.551. The van der Waals surface area contributed by atoms with Crippen LogP contribution < -0.4 is 11.1 Å². The van der Waals surface area contributed by atoms with Gasteiger partial charge in [-0.15, -0.1) is 0 Å². The van der Waals surface area contributed by atoms with Gasteiger partial charge in [-0.05, 0) is 47.3 Å². The molecule has 0 saturated heterocycles. The number of hydrogen-bond donors (Lipinski definition) is 2. The fourth-order valence-electron chi connectivity index (χ4n) is 2.09. The summed E-state index contributed by atoms with van der Waals surface area (Å²) in [5.74, 6) is 0.551. The summed E-state index contributed by atoms with van der Waals surface area (Å²) in [7, 11) is 0. The summed E-state index contributed by atoms with van der Waals surface area (Å²) in [6.45, 7) is 0.811. The summed E-state index contributed by atoms with van der Waals surface area (Å²) >= 11 is 1.38. The molecule has 0 atom stereocenters. The van der Waals surface area contributed by atoms with Gasteiger partial charge in [-0.2, -0.15) is 4.37 Å². The Labute approximate surface area is 127 Å². The Kier molecular flexibility index (Phi) is 4.07. The molecule has 0 aliphatic heterocycles. The van der Waals surface area contributed by atoms with Crippen LogP contribution in [0.3, 0.4) is 0 Å². The van der Waals surface area contributed by atoms with E-state index >= 15 is 0 Å². The number of nitrogens with zero attached hydrogens (tertiary/aromatic N) is 3. The molecule has 21 heavy (non-hydrogen) atoms. The van der Waals surface area contributed by atoms with Crippen LogP contribution in [0.4, 0.5) is 10.8 Å². The summed E-state index contributed by atoms with van der Waals surface area (Å²) in [5.41, 5.74) is 9.17. The largest absolute Gasteiger partial charge is 0.382 e. The highest BCUT2D eigenvalue weighted by Crippen LogP contribution is 2.36. The standard InChI is InChI=1S/C15H15N5S/c16-14-13(12-4-7-17-8-5-12)15(21-20-14)19-9-3-11-2-1-6-18-10-11/h1-2,4-8,10,19H,3,9H2,(H2,16,20). The minimum Gasteiger partial charge on any atom is -0.382 e. The van der Waals surface area contributed by atoms with Gasteiger partial charge in [0.1, 0.15) is 10.8 Å². The first-order valence-electron chi connectivity index (χ1n) is 6.63. The van der Waals surface area contributed by atoms with Crippen molar-refractivity contribution in [2.75, 3.05) is 17.6 Å². The van der Waals surface area contributed by atoms with Crippen LogP contribution >= 0.6 is 11.5 Å². The Balaban J connectivity index is 1.72. The summed E-state index contributed by atoms with van der Waals surface area (Å²) < 4.78 is 4.24. The molecule has 5 nitrogen and oxygen atoms in total. The van der Waals surface area contributed by atoms with Crippen molar-refractivity contribution in [1.29, 1.82) is 0 Å². The lowest BCUT2D eigenvalue weighted by Crippen LogP contribution is -2.04. The second kappa shape index (κ2) is 6.32. The van der Waals surface area contributed by atoms with Crippen molar-refractivity contribution in [3.8, 4) is 11.1 Å². The lowest BCUT2D eigenvalue weighted by atomic mass is 10.1. The van der Waals surface area contributed by atoms with E-state index in [1.165, 1.54) is 17.1 Å². The van der Waals surface area contributed by atoms with Crippen LogP contribution in [-0.4, -0.2) is 20.9 Å². The zero-order valence-corrected chi connectivity index (χ0v) is 12.2. The molecule has 0 aliphatic rings. The van der Waals surface area contributed by atoms with E-state index in [1.807, 2.05) is 24.4 Å². The average molecular weight is 297 g/mol. The molecule has 0 aromatic carbocycles. The van der Waals surface area contributed by atoms with E-state index in [-0.39, 0.29) is 0 Å². The van der Waals surface area contributed by atoms with Gasteiger partial charge in [0.25, 0.3) is 0 Å². The van der Waals surface area contributed by atoms with Crippen molar-refractivity contribution in [3.05, 3.63) is 54.6 Å². The number of rotatable bonds is 5. The summed E-state index contributed by atoms with van der Waals surface area (Å²) in [4.78, 5) is 8.15. The Morgan fingerprint density at radius 2 is 1.95 bits per heavy atom. The molecular weight excluding hydrogens is 282 g/mol. The number of aromatic nitrogens is 3. The zero-order valence-electron chi connectivity index (χ0n) is 11.4. The normalized spacial score (nSPS) is 10.5. The monoisotopic (exact) mass is 297 g/mol. The highest BCUT2D eigenvalue weighted by molar-refractivity contribution is 7.11. The summed E-state index contributed by atoms with van der Waals surface area (Å²) in [5, 5.41) is 4.40. The van der Waals surface area contributed by atoms with Gasteiger partial charge in [0.15, 0.2) is 0 Å². The maximum absolute atomic E-state index is 5.99. The fraction of sp³-hybridized carbons (Fsp3) is 0.133. The second-order valence-corrected chi connectivity index (χ2v) is 5.32. The molecule has 3 aromatic rings. The molecule has 3 N–H and O–H groups in total. The predicted molar refractivity (Wildman–Crippen MR) is 86.2 cm³/mol. The van der Waals surface area contributed by atoms with Gasteiger partial charge in [0, 0.05) is 31.3 Å². The van der Waals surface area contributed by atoms with Crippen molar-refractivity contribution in [1.82, 2.24) is 14.3 Å². The lowest BCUT2D eigenvalue weighted by Gasteiger charge is -2.07. The third-order valence-electron chi connectivity index (χ3n) is 3.11. The van der Waals surface area contributed by atoms with E-state index in [4.69, 9.17) is 5.73 Å². The van der Waals surface area contributed by atoms with Gasteiger partial charge in [0.2, 0.25) is 0 Å². The van der Waals surface area contributed by atoms with Gasteiger partial charge < -0.3 is 11.1 Å².